The Labute approximate surface area is 73.3 Å². The highest BCUT2D eigenvalue weighted by Gasteiger charge is 1.98. The first kappa shape index (κ1) is 7.91. The molecule has 1 aromatic rings. The first-order chi connectivity index (χ1) is 4.75. The minimum atomic E-state index is 0.840. The zero-order valence-corrected chi connectivity index (χ0v) is 7.62. The molecule has 0 radical (unpaired) electrons. The monoisotopic (exact) mass is 218 g/mol. The lowest BCUT2D eigenvalue weighted by Gasteiger charge is -2.03. The molecule has 0 bridgehead atoms. The van der Waals surface area contributed by atoms with Gasteiger partial charge in [0.25, 0.3) is 0 Å². The maximum atomic E-state index is 5.21. The molecule has 0 aliphatic carbocycles. The summed E-state index contributed by atoms with van der Waals surface area (Å²) in [7, 11) is 0. The molecule has 0 unspecified atom stereocenters. The van der Waals surface area contributed by atoms with E-state index in [1.807, 2.05) is 18.2 Å². The lowest BCUT2D eigenvalue weighted by molar-refractivity contribution is 1.30. The van der Waals surface area contributed by atoms with Crippen LogP contribution in [0.5, 0.6) is 0 Å². The van der Waals surface area contributed by atoms with Crippen LogP contribution >= 0.6 is 28.6 Å². The van der Waals surface area contributed by atoms with Crippen LogP contribution in [0.15, 0.2) is 27.6 Å². The fraction of sp³-hybridized carbons (Fsp3) is 0. The Morgan fingerprint density at radius 3 is 2.70 bits per heavy atom. The van der Waals surface area contributed by atoms with Crippen molar-refractivity contribution in [2.24, 2.45) is 5.84 Å². The van der Waals surface area contributed by atoms with Gasteiger partial charge in [0, 0.05) is 4.90 Å². The van der Waals surface area contributed by atoms with E-state index in [9.17, 15) is 0 Å². The summed E-state index contributed by atoms with van der Waals surface area (Å²) in [4.78, 5) is 0.871. The van der Waals surface area contributed by atoms with E-state index in [2.05, 4.69) is 34.0 Å². The van der Waals surface area contributed by atoms with Gasteiger partial charge >= 0.3 is 0 Å². The van der Waals surface area contributed by atoms with Gasteiger partial charge in [-0.05, 0) is 28.1 Å². The maximum Gasteiger partial charge on any atom is 0.0638 e. The summed E-state index contributed by atoms with van der Waals surface area (Å²) in [5, 5.41) is 0. The van der Waals surface area contributed by atoms with Crippen molar-refractivity contribution in [2.75, 3.05) is 5.43 Å². The van der Waals surface area contributed by atoms with Crippen LogP contribution in [-0.2, 0) is 0 Å². The Balaban J connectivity index is 3.14. The maximum absolute atomic E-state index is 5.21. The van der Waals surface area contributed by atoms with E-state index in [0.717, 1.165) is 15.1 Å². The van der Waals surface area contributed by atoms with Crippen molar-refractivity contribution in [3.63, 3.8) is 0 Å². The number of thiol groups is 1. The van der Waals surface area contributed by atoms with E-state index in [0.29, 0.717) is 0 Å². The molecule has 1 rings (SSSR count). The Hall–Kier alpha value is -0.190. The van der Waals surface area contributed by atoms with Crippen LogP contribution in [-0.4, -0.2) is 0 Å². The summed E-state index contributed by atoms with van der Waals surface area (Å²) < 4.78 is 0.890. The number of rotatable bonds is 1. The second-order valence-corrected chi connectivity index (χ2v) is 3.06. The number of hydrazine groups is 1. The SMILES string of the molecule is NNc1cccc(S)c1Br. The van der Waals surface area contributed by atoms with Crippen LogP contribution < -0.4 is 11.3 Å². The van der Waals surface area contributed by atoms with E-state index in [1.165, 1.54) is 0 Å². The molecule has 0 saturated carbocycles. The number of anilines is 1. The van der Waals surface area contributed by atoms with Gasteiger partial charge in [0.1, 0.15) is 0 Å². The van der Waals surface area contributed by atoms with E-state index in [-0.39, 0.29) is 0 Å². The van der Waals surface area contributed by atoms with Gasteiger partial charge in [0.2, 0.25) is 0 Å². The third-order valence-electron chi connectivity index (χ3n) is 1.13. The third-order valence-corrected chi connectivity index (χ3v) is 2.67. The molecule has 4 heteroatoms. The smallest absolute Gasteiger partial charge is 0.0638 e. The molecule has 0 saturated heterocycles. The number of nitrogen functional groups attached to an aromatic ring is 1. The molecule has 0 aliphatic rings. The number of hydrogen-bond acceptors (Lipinski definition) is 3. The van der Waals surface area contributed by atoms with Crippen LogP contribution in [0.25, 0.3) is 0 Å². The molecule has 0 aliphatic heterocycles. The molecule has 2 nitrogen and oxygen atoms in total. The Morgan fingerprint density at radius 2 is 2.20 bits per heavy atom. The number of hydrogen-bond donors (Lipinski definition) is 3. The van der Waals surface area contributed by atoms with Crippen molar-refractivity contribution in [1.82, 2.24) is 0 Å². The molecule has 0 fully saturated rings. The quantitative estimate of drug-likeness (QED) is 0.384. The Morgan fingerprint density at radius 1 is 1.50 bits per heavy atom. The summed E-state index contributed by atoms with van der Waals surface area (Å²) in [5.74, 6) is 5.21. The Bertz CT molecular complexity index is 239. The van der Waals surface area contributed by atoms with Gasteiger partial charge in [-0.1, -0.05) is 6.07 Å². The second-order valence-electron chi connectivity index (χ2n) is 1.78. The van der Waals surface area contributed by atoms with Crippen LogP contribution in [0.3, 0.4) is 0 Å². The van der Waals surface area contributed by atoms with E-state index < -0.39 is 0 Å². The number of nitrogens with one attached hydrogen (secondary N) is 1. The highest BCUT2D eigenvalue weighted by molar-refractivity contribution is 9.10. The fourth-order valence-corrected chi connectivity index (χ4v) is 1.22. The molecule has 54 valence electrons. The van der Waals surface area contributed by atoms with Crippen molar-refractivity contribution in [2.45, 2.75) is 4.90 Å². The first-order valence-electron chi connectivity index (χ1n) is 2.70. The van der Waals surface area contributed by atoms with Crippen molar-refractivity contribution in [3.05, 3.63) is 22.7 Å². The summed E-state index contributed by atoms with van der Waals surface area (Å²) in [6.07, 6.45) is 0. The first-order valence-corrected chi connectivity index (χ1v) is 3.94. The molecular weight excluding hydrogens is 212 g/mol. The molecule has 0 spiro atoms. The third kappa shape index (κ3) is 1.45. The average molecular weight is 219 g/mol. The number of nitrogens with two attached hydrogens (primary N) is 1. The van der Waals surface area contributed by atoms with Crippen LogP contribution in [0.2, 0.25) is 0 Å². The average Bonchev–Trinajstić information content (AvgIpc) is 1.95. The van der Waals surface area contributed by atoms with Gasteiger partial charge in [0.05, 0.1) is 10.2 Å². The molecule has 0 heterocycles. The van der Waals surface area contributed by atoms with Gasteiger partial charge in [0.15, 0.2) is 0 Å². The van der Waals surface area contributed by atoms with Gasteiger partial charge < -0.3 is 5.43 Å². The summed E-state index contributed by atoms with van der Waals surface area (Å²) in [5.41, 5.74) is 3.38. The Kier molecular flexibility index (Phi) is 2.59. The summed E-state index contributed by atoms with van der Waals surface area (Å²) in [6, 6.07) is 5.63. The zero-order chi connectivity index (χ0) is 7.56. The minimum Gasteiger partial charge on any atom is -0.323 e. The molecule has 0 amide bonds. The van der Waals surface area contributed by atoms with Gasteiger partial charge in [-0.25, -0.2) is 0 Å². The van der Waals surface area contributed by atoms with Gasteiger partial charge in [-0.15, -0.1) is 12.6 Å². The number of benzene rings is 1. The molecular formula is C6H7BrN2S. The minimum absolute atomic E-state index is 0.840. The predicted octanol–water partition coefficient (Wildman–Crippen LogP) is 2.02. The van der Waals surface area contributed by atoms with Crippen LogP contribution in [0.1, 0.15) is 0 Å². The lowest BCUT2D eigenvalue weighted by Crippen LogP contribution is -2.07. The highest BCUT2D eigenvalue weighted by atomic mass is 79.9. The van der Waals surface area contributed by atoms with Crippen molar-refractivity contribution >= 4 is 34.2 Å². The van der Waals surface area contributed by atoms with E-state index in [4.69, 9.17) is 5.84 Å². The molecule has 1 aromatic carbocycles. The van der Waals surface area contributed by atoms with Crippen molar-refractivity contribution < 1.29 is 0 Å². The second kappa shape index (κ2) is 3.27. The largest absolute Gasteiger partial charge is 0.323 e. The van der Waals surface area contributed by atoms with Crippen molar-refractivity contribution in [3.8, 4) is 0 Å². The topological polar surface area (TPSA) is 38.0 Å². The molecule has 0 atom stereocenters. The number of halogens is 1. The molecule has 0 aromatic heterocycles. The van der Waals surface area contributed by atoms with Gasteiger partial charge in [-0.2, -0.15) is 0 Å². The van der Waals surface area contributed by atoms with Gasteiger partial charge in [-0.3, -0.25) is 5.84 Å². The standard InChI is InChI=1S/C6H7BrN2S/c7-6-4(9-8)2-1-3-5(6)10/h1-3,9-10H,8H2. The van der Waals surface area contributed by atoms with Crippen LogP contribution in [0.4, 0.5) is 5.69 Å². The van der Waals surface area contributed by atoms with Crippen molar-refractivity contribution in [1.29, 1.82) is 0 Å². The van der Waals surface area contributed by atoms with Crippen LogP contribution in [0, 0.1) is 0 Å². The summed E-state index contributed by atoms with van der Waals surface area (Å²) >= 11 is 7.50. The zero-order valence-electron chi connectivity index (χ0n) is 5.13. The summed E-state index contributed by atoms with van der Waals surface area (Å²) in [6.45, 7) is 0. The molecule has 10 heavy (non-hydrogen) atoms. The normalized spacial score (nSPS) is 9.50. The predicted molar refractivity (Wildman–Crippen MR) is 49.2 cm³/mol. The highest BCUT2D eigenvalue weighted by Crippen LogP contribution is 2.27. The van der Waals surface area contributed by atoms with E-state index in [1.54, 1.807) is 0 Å². The fourth-order valence-electron chi connectivity index (χ4n) is 0.631. The lowest BCUT2D eigenvalue weighted by atomic mass is 10.3. The van der Waals surface area contributed by atoms with E-state index >= 15 is 0 Å². The molecule has 3 N–H and O–H groups in total.